The van der Waals surface area contributed by atoms with E-state index in [9.17, 15) is 4.79 Å². The van der Waals surface area contributed by atoms with E-state index in [-0.39, 0.29) is 11.9 Å². The summed E-state index contributed by atoms with van der Waals surface area (Å²) in [6, 6.07) is 0.214. The number of aryl methyl sites for hydroxylation is 1. The van der Waals surface area contributed by atoms with E-state index >= 15 is 0 Å². The van der Waals surface area contributed by atoms with Gasteiger partial charge >= 0.3 is 0 Å². The first-order valence-corrected chi connectivity index (χ1v) is 5.59. The molecule has 1 rings (SSSR count). The van der Waals surface area contributed by atoms with E-state index in [4.69, 9.17) is 0 Å². The lowest BCUT2D eigenvalue weighted by atomic mass is 10.2. The van der Waals surface area contributed by atoms with E-state index in [2.05, 4.69) is 15.6 Å². The van der Waals surface area contributed by atoms with Crippen LogP contribution in [0.15, 0.2) is 12.4 Å². The molecule has 0 aliphatic rings. The van der Waals surface area contributed by atoms with Crippen molar-refractivity contribution in [2.75, 3.05) is 6.54 Å². The Morgan fingerprint density at radius 2 is 2.38 bits per heavy atom. The number of hydrogen-bond donors (Lipinski definition) is 2. The molecule has 2 N–H and O–H groups in total. The molecule has 1 aromatic rings. The van der Waals surface area contributed by atoms with Crippen molar-refractivity contribution in [1.29, 1.82) is 0 Å². The lowest BCUT2D eigenvalue weighted by molar-refractivity contribution is -0.121. The molecule has 0 saturated carbocycles. The smallest absolute Gasteiger partial charge is 0.221 e. The van der Waals surface area contributed by atoms with E-state index in [0.29, 0.717) is 13.0 Å². The fraction of sp³-hybridized carbons (Fsp3) is 0.636. The normalized spacial score (nSPS) is 12.4. The van der Waals surface area contributed by atoms with E-state index < -0.39 is 0 Å². The highest BCUT2D eigenvalue weighted by Crippen LogP contribution is 1.95. The molecule has 1 amide bonds. The second-order valence-electron chi connectivity index (χ2n) is 3.89. The maximum absolute atomic E-state index is 11.5. The van der Waals surface area contributed by atoms with Crippen molar-refractivity contribution in [1.82, 2.24) is 20.2 Å². The summed E-state index contributed by atoms with van der Waals surface area (Å²) in [4.78, 5) is 15.7. The van der Waals surface area contributed by atoms with Gasteiger partial charge in [0.15, 0.2) is 0 Å². The van der Waals surface area contributed by atoms with Crippen LogP contribution in [-0.2, 0) is 18.4 Å². The van der Waals surface area contributed by atoms with Gasteiger partial charge in [-0.2, -0.15) is 0 Å². The van der Waals surface area contributed by atoms with Crippen LogP contribution in [0.5, 0.6) is 0 Å². The van der Waals surface area contributed by atoms with Gasteiger partial charge in [0.25, 0.3) is 0 Å². The van der Waals surface area contributed by atoms with Crippen LogP contribution >= 0.6 is 0 Å². The summed E-state index contributed by atoms with van der Waals surface area (Å²) in [6.07, 6.45) is 4.09. The molecule has 1 heterocycles. The third-order valence-electron chi connectivity index (χ3n) is 2.41. The molecular weight excluding hydrogens is 204 g/mol. The van der Waals surface area contributed by atoms with Crippen molar-refractivity contribution >= 4 is 5.91 Å². The van der Waals surface area contributed by atoms with Gasteiger partial charge in [0.05, 0.1) is 6.54 Å². The first-order chi connectivity index (χ1) is 7.63. The Morgan fingerprint density at radius 1 is 1.62 bits per heavy atom. The molecule has 0 aliphatic heterocycles. The van der Waals surface area contributed by atoms with Gasteiger partial charge in [-0.1, -0.05) is 6.92 Å². The third-order valence-corrected chi connectivity index (χ3v) is 2.41. The van der Waals surface area contributed by atoms with Crippen LogP contribution in [0.25, 0.3) is 0 Å². The molecule has 0 aromatic carbocycles. The molecule has 5 heteroatoms. The highest BCUT2D eigenvalue weighted by atomic mass is 16.1. The zero-order chi connectivity index (χ0) is 12.0. The topological polar surface area (TPSA) is 59.0 Å². The Bertz CT molecular complexity index is 334. The molecule has 0 aliphatic carbocycles. The summed E-state index contributed by atoms with van der Waals surface area (Å²) in [5.74, 6) is 0.918. The molecule has 1 unspecified atom stereocenters. The van der Waals surface area contributed by atoms with Crippen molar-refractivity contribution in [2.45, 2.75) is 32.9 Å². The third kappa shape index (κ3) is 4.02. The number of hydrogen-bond acceptors (Lipinski definition) is 3. The second-order valence-corrected chi connectivity index (χ2v) is 3.89. The molecule has 90 valence electrons. The molecule has 0 fully saturated rings. The van der Waals surface area contributed by atoms with Crippen LogP contribution in [0.3, 0.4) is 0 Å². The van der Waals surface area contributed by atoms with Crippen LogP contribution in [-0.4, -0.2) is 28.0 Å². The van der Waals surface area contributed by atoms with Gasteiger partial charge < -0.3 is 15.2 Å². The first-order valence-electron chi connectivity index (χ1n) is 5.59. The van der Waals surface area contributed by atoms with Crippen molar-refractivity contribution in [3.63, 3.8) is 0 Å². The Morgan fingerprint density at radius 3 is 2.94 bits per heavy atom. The first kappa shape index (κ1) is 12.7. The van der Waals surface area contributed by atoms with Crippen LogP contribution in [0.1, 0.15) is 26.1 Å². The van der Waals surface area contributed by atoms with Gasteiger partial charge in [-0.05, 0) is 13.5 Å². The number of amides is 1. The molecule has 5 nitrogen and oxygen atoms in total. The number of nitrogens with zero attached hydrogens (tertiary/aromatic N) is 2. The number of aromatic nitrogens is 2. The average Bonchev–Trinajstić information content (AvgIpc) is 2.61. The van der Waals surface area contributed by atoms with Crippen molar-refractivity contribution < 1.29 is 4.79 Å². The van der Waals surface area contributed by atoms with E-state index in [0.717, 1.165) is 12.4 Å². The Balaban J connectivity index is 2.28. The summed E-state index contributed by atoms with van der Waals surface area (Å²) >= 11 is 0. The monoisotopic (exact) mass is 224 g/mol. The zero-order valence-electron chi connectivity index (χ0n) is 10.2. The summed E-state index contributed by atoms with van der Waals surface area (Å²) < 4.78 is 1.90. The van der Waals surface area contributed by atoms with Crippen LogP contribution in [0.2, 0.25) is 0 Å². The van der Waals surface area contributed by atoms with E-state index in [1.807, 2.05) is 31.7 Å². The highest BCUT2D eigenvalue weighted by Gasteiger charge is 2.08. The lowest BCUT2D eigenvalue weighted by Crippen LogP contribution is -2.33. The van der Waals surface area contributed by atoms with Gasteiger partial charge in [-0.3, -0.25) is 4.79 Å². The van der Waals surface area contributed by atoms with Crippen molar-refractivity contribution in [3.05, 3.63) is 18.2 Å². The summed E-state index contributed by atoms with van der Waals surface area (Å²) in [5, 5.41) is 6.05. The predicted molar refractivity (Wildman–Crippen MR) is 62.8 cm³/mol. The van der Waals surface area contributed by atoms with E-state index in [1.54, 1.807) is 6.20 Å². The highest BCUT2D eigenvalue weighted by molar-refractivity contribution is 5.76. The molecular formula is C11H20N4O. The number of carbonyl (C=O) groups excluding carboxylic acids is 1. The summed E-state index contributed by atoms with van der Waals surface area (Å²) in [6.45, 7) is 5.40. The Hall–Kier alpha value is -1.36. The van der Waals surface area contributed by atoms with Gasteiger partial charge in [0, 0.05) is 31.9 Å². The SMILES string of the molecule is CCNC(C)CC(=O)NCc1nccn1C. The zero-order valence-corrected chi connectivity index (χ0v) is 10.2. The Kier molecular flexibility index (Phi) is 4.98. The van der Waals surface area contributed by atoms with Gasteiger partial charge in [-0.15, -0.1) is 0 Å². The minimum atomic E-state index is 0.0523. The second kappa shape index (κ2) is 6.27. The number of carbonyl (C=O) groups is 1. The maximum atomic E-state index is 11.5. The summed E-state index contributed by atoms with van der Waals surface area (Å²) in [7, 11) is 1.91. The molecule has 0 radical (unpaired) electrons. The fourth-order valence-electron chi connectivity index (χ4n) is 1.52. The number of rotatable bonds is 6. The average molecular weight is 224 g/mol. The van der Waals surface area contributed by atoms with Gasteiger partial charge in [-0.25, -0.2) is 4.98 Å². The molecule has 0 saturated heterocycles. The van der Waals surface area contributed by atoms with Crippen LogP contribution in [0.4, 0.5) is 0 Å². The molecule has 0 spiro atoms. The molecule has 1 atom stereocenters. The summed E-state index contributed by atoms with van der Waals surface area (Å²) in [5.41, 5.74) is 0. The van der Waals surface area contributed by atoms with Gasteiger partial charge in [0.1, 0.15) is 5.82 Å². The largest absolute Gasteiger partial charge is 0.349 e. The lowest BCUT2D eigenvalue weighted by Gasteiger charge is -2.11. The minimum Gasteiger partial charge on any atom is -0.349 e. The van der Waals surface area contributed by atoms with Crippen LogP contribution < -0.4 is 10.6 Å². The Labute approximate surface area is 96.3 Å². The van der Waals surface area contributed by atoms with E-state index in [1.165, 1.54) is 0 Å². The quantitative estimate of drug-likeness (QED) is 0.736. The number of nitrogens with one attached hydrogen (secondary N) is 2. The molecule has 1 aromatic heterocycles. The molecule has 0 bridgehead atoms. The maximum Gasteiger partial charge on any atom is 0.221 e. The van der Waals surface area contributed by atoms with Gasteiger partial charge in [0.2, 0.25) is 5.91 Å². The van der Waals surface area contributed by atoms with Crippen molar-refractivity contribution in [2.24, 2.45) is 7.05 Å². The molecule has 16 heavy (non-hydrogen) atoms. The number of imidazole rings is 1. The van der Waals surface area contributed by atoms with Crippen molar-refractivity contribution in [3.8, 4) is 0 Å². The van der Waals surface area contributed by atoms with Crippen LogP contribution in [0, 0.1) is 0 Å². The predicted octanol–water partition coefficient (Wildman–Crippen LogP) is 0.424. The minimum absolute atomic E-state index is 0.0523. The standard InChI is InChI=1S/C11H20N4O/c1-4-12-9(2)7-11(16)14-8-10-13-5-6-15(10)3/h5-6,9,12H,4,7-8H2,1-3H3,(H,14,16). The fourth-order valence-corrected chi connectivity index (χ4v) is 1.52.